The summed E-state index contributed by atoms with van der Waals surface area (Å²) in [5, 5.41) is 8.81. The van der Waals surface area contributed by atoms with Gasteiger partial charge in [0.1, 0.15) is 0 Å². The molecule has 0 fully saturated rings. The number of allylic oxidation sites excluding steroid dienone is 3. The summed E-state index contributed by atoms with van der Waals surface area (Å²) in [6.45, 7) is 0. The number of rotatable bonds is 2. The van der Waals surface area contributed by atoms with E-state index in [9.17, 15) is 9.18 Å². The van der Waals surface area contributed by atoms with Crippen molar-refractivity contribution in [2.75, 3.05) is 0 Å². The third-order valence-corrected chi connectivity index (χ3v) is 2.61. The number of carboxylic acids is 1. The molecule has 0 saturated carbocycles. The Morgan fingerprint density at radius 1 is 1.31 bits per heavy atom. The van der Waals surface area contributed by atoms with Gasteiger partial charge in [0.2, 0.25) is 5.67 Å². The molecule has 1 N–H and O–H groups in total. The average molecular weight is 218 g/mol. The van der Waals surface area contributed by atoms with E-state index >= 15 is 0 Å². The van der Waals surface area contributed by atoms with E-state index in [0.29, 0.717) is 5.57 Å². The van der Waals surface area contributed by atoms with E-state index in [1.807, 2.05) is 30.3 Å². The minimum Gasteiger partial charge on any atom is -0.479 e. The predicted octanol–water partition coefficient (Wildman–Crippen LogP) is 2.82. The quantitative estimate of drug-likeness (QED) is 0.828. The van der Waals surface area contributed by atoms with Gasteiger partial charge in [-0.2, -0.15) is 0 Å². The minimum atomic E-state index is -2.28. The molecular weight excluding hydrogens is 207 g/mol. The van der Waals surface area contributed by atoms with Crippen molar-refractivity contribution in [1.82, 2.24) is 0 Å². The van der Waals surface area contributed by atoms with Gasteiger partial charge in [-0.25, -0.2) is 9.18 Å². The van der Waals surface area contributed by atoms with Gasteiger partial charge in [-0.3, -0.25) is 0 Å². The second kappa shape index (κ2) is 3.93. The predicted molar refractivity (Wildman–Crippen MR) is 59.7 cm³/mol. The van der Waals surface area contributed by atoms with Crippen molar-refractivity contribution >= 4 is 11.5 Å². The maximum Gasteiger partial charge on any atom is 0.345 e. The molecule has 0 bridgehead atoms. The van der Waals surface area contributed by atoms with E-state index in [0.717, 1.165) is 11.6 Å². The molecule has 1 aromatic rings. The molecule has 1 aliphatic rings. The zero-order valence-electron chi connectivity index (χ0n) is 8.56. The van der Waals surface area contributed by atoms with Crippen LogP contribution in [0.5, 0.6) is 0 Å². The van der Waals surface area contributed by atoms with Crippen molar-refractivity contribution in [3.05, 3.63) is 54.1 Å². The third-order valence-electron chi connectivity index (χ3n) is 2.61. The summed E-state index contributed by atoms with van der Waals surface area (Å²) in [6, 6.07) is 9.23. The molecule has 0 amide bonds. The number of hydrogen-bond donors (Lipinski definition) is 1. The molecule has 82 valence electrons. The highest BCUT2D eigenvalue weighted by atomic mass is 19.1. The molecular formula is C13H11FO2. The zero-order chi connectivity index (χ0) is 11.6. The highest BCUT2D eigenvalue weighted by Crippen LogP contribution is 2.32. The van der Waals surface area contributed by atoms with Crippen LogP contribution in [0.3, 0.4) is 0 Å². The molecule has 2 rings (SSSR count). The Morgan fingerprint density at radius 3 is 2.62 bits per heavy atom. The third kappa shape index (κ3) is 1.89. The Balaban J connectivity index is 2.31. The van der Waals surface area contributed by atoms with E-state index in [4.69, 9.17) is 5.11 Å². The SMILES string of the molecule is O=C(O)C1(F)C=CC=C(c2ccccc2)C1. The second-order valence-electron chi connectivity index (χ2n) is 3.76. The van der Waals surface area contributed by atoms with Crippen molar-refractivity contribution in [2.45, 2.75) is 12.1 Å². The zero-order valence-corrected chi connectivity index (χ0v) is 8.56. The van der Waals surface area contributed by atoms with Crippen molar-refractivity contribution in [1.29, 1.82) is 0 Å². The summed E-state index contributed by atoms with van der Waals surface area (Å²) in [6.07, 6.45) is 4.17. The van der Waals surface area contributed by atoms with Gasteiger partial charge >= 0.3 is 5.97 Å². The maximum absolute atomic E-state index is 13.9. The number of carbonyl (C=O) groups is 1. The summed E-state index contributed by atoms with van der Waals surface area (Å²) in [4.78, 5) is 10.8. The second-order valence-corrected chi connectivity index (χ2v) is 3.76. The van der Waals surface area contributed by atoms with Gasteiger partial charge in [0.05, 0.1) is 0 Å². The van der Waals surface area contributed by atoms with Crippen LogP contribution in [0.15, 0.2) is 48.6 Å². The van der Waals surface area contributed by atoms with Crippen LogP contribution >= 0.6 is 0 Å². The van der Waals surface area contributed by atoms with Crippen LogP contribution in [0.2, 0.25) is 0 Å². The first kappa shape index (κ1) is 10.6. The lowest BCUT2D eigenvalue weighted by molar-refractivity contribution is -0.147. The fourth-order valence-corrected chi connectivity index (χ4v) is 1.71. The van der Waals surface area contributed by atoms with Crippen LogP contribution < -0.4 is 0 Å². The molecule has 0 spiro atoms. The molecule has 1 atom stereocenters. The van der Waals surface area contributed by atoms with Gasteiger partial charge < -0.3 is 5.11 Å². The Kier molecular flexibility index (Phi) is 2.60. The molecule has 1 aliphatic carbocycles. The molecule has 0 aromatic heterocycles. The smallest absolute Gasteiger partial charge is 0.345 e. The minimum absolute atomic E-state index is 0.122. The molecule has 0 aliphatic heterocycles. The first-order valence-electron chi connectivity index (χ1n) is 4.98. The van der Waals surface area contributed by atoms with Crippen LogP contribution in [0.4, 0.5) is 4.39 Å². The van der Waals surface area contributed by atoms with Gasteiger partial charge in [0.25, 0.3) is 0 Å². The van der Waals surface area contributed by atoms with Gasteiger partial charge in [0.15, 0.2) is 0 Å². The number of carboxylic acid groups (broad SMARTS) is 1. The normalized spacial score (nSPS) is 23.9. The molecule has 2 nitrogen and oxygen atoms in total. The Morgan fingerprint density at radius 2 is 2.00 bits per heavy atom. The fourth-order valence-electron chi connectivity index (χ4n) is 1.71. The summed E-state index contributed by atoms with van der Waals surface area (Å²) in [5.74, 6) is -1.44. The van der Waals surface area contributed by atoms with E-state index in [1.165, 1.54) is 6.08 Å². The Bertz CT molecular complexity index is 462. The molecule has 3 heteroatoms. The van der Waals surface area contributed by atoms with Crippen molar-refractivity contribution in [2.24, 2.45) is 0 Å². The number of alkyl halides is 1. The van der Waals surface area contributed by atoms with Gasteiger partial charge in [-0.15, -0.1) is 0 Å². The molecule has 1 unspecified atom stereocenters. The highest BCUT2D eigenvalue weighted by Gasteiger charge is 2.38. The van der Waals surface area contributed by atoms with E-state index in [1.54, 1.807) is 6.08 Å². The van der Waals surface area contributed by atoms with Crippen molar-refractivity contribution in [3.8, 4) is 0 Å². The maximum atomic E-state index is 13.9. The van der Waals surface area contributed by atoms with E-state index < -0.39 is 11.6 Å². The monoisotopic (exact) mass is 218 g/mol. The molecule has 16 heavy (non-hydrogen) atoms. The van der Waals surface area contributed by atoms with Crippen LogP contribution in [0.1, 0.15) is 12.0 Å². The lowest BCUT2D eigenvalue weighted by Gasteiger charge is -2.21. The number of hydrogen-bond acceptors (Lipinski definition) is 1. The van der Waals surface area contributed by atoms with Crippen LogP contribution in [0.25, 0.3) is 5.57 Å². The molecule has 0 heterocycles. The standard InChI is InChI=1S/C13H11FO2/c14-13(12(15)16)8-4-7-11(9-13)10-5-2-1-3-6-10/h1-8H,9H2,(H,15,16). The van der Waals surface area contributed by atoms with Crippen LogP contribution in [0, 0.1) is 0 Å². The van der Waals surface area contributed by atoms with Crippen LogP contribution in [-0.2, 0) is 4.79 Å². The number of aliphatic carboxylic acids is 1. The first-order chi connectivity index (χ1) is 7.62. The van der Waals surface area contributed by atoms with Crippen LogP contribution in [-0.4, -0.2) is 16.7 Å². The van der Waals surface area contributed by atoms with Gasteiger partial charge in [-0.1, -0.05) is 42.5 Å². The Hall–Kier alpha value is -1.90. The van der Waals surface area contributed by atoms with E-state index in [2.05, 4.69) is 0 Å². The molecule has 0 radical (unpaired) electrons. The van der Waals surface area contributed by atoms with Gasteiger partial charge in [-0.05, 0) is 17.2 Å². The first-order valence-corrected chi connectivity index (χ1v) is 4.98. The lowest BCUT2D eigenvalue weighted by Crippen LogP contribution is -2.32. The van der Waals surface area contributed by atoms with E-state index in [-0.39, 0.29) is 6.42 Å². The topological polar surface area (TPSA) is 37.3 Å². The summed E-state index contributed by atoms with van der Waals surface area (Å²) in [7, 11) is 0. The summed E-state index contributed by atoms with van der Waals surface area (Å²) in [5.41, 5.74) is -0.719. The largest absolute Gasteiger partial charge is 0.479 e. The fraction of sp³-hybridized carbons (Fsp3) is 0.154. The highest BCUT2D eigenvalue weighted by molar-refractivity contribution is 5.85. The molecule has 1 aromatic carbocycles. The lowest BCUT2D eigenvalue weighted by atomic mass is 9.88. The number of halogens is 1. The average Bonchev–Trinajstić information content (AvgIpc) is 2.30. The Labute approximate surface area is 92.7 Å². The summed E-state index contributed by atoms with van der Waals surface area (Å²) < 4.78 is 13.9. The summed E-state index contributed by atoms with van der Waals surface area (Å²) >= 11 is 0. The molecule has 0 saturated heterocycles. The van der Waals surface area contributed by atoms with Crippen molar-refractivity contribution in [3.63, 3.8) is 0 Å². The van der Waals surface area contributed by atoms with Crippen molar-refractivity contribution < 1.29 is 14.3 Å². The number of benzene rings is 1. The van der Waals surface area contributed by atoms with Gasteiger partial charge in [0, 0.05) is 6.42 Å².